The van der Waals surface area contributed by atoms with Crippen LogP contribution in [0, 0.1) is 5.92 Å². The summed E-state index contributed by atoms with van der Waals surface area (Å²) in [5.74, 6) is 1.03. The molecule has 1 saturated carbocycles. The third-order valence-electron chi connectivity index (χ3n) is 2.56. The van der Waals surface area contributed by atoms with Gasteiger partial charge in [0, 0.05) is 12.8 Å². The molecule has 2 N–H and O–H groups in total. The number of hydrogen-bond donors (Lipinski definition) is 1. The maximum absolute atomic E-state index is 2.54. The summed E-state index contributed by atoms with van der Waals surface area (Å²) >= 11 is 0. The predicted molar refractivity (Wildman–Crippen MR) is 32.5 cm³/mol. The van der Waals surface area contributed by atoms with Gasteiger partial charge in [0.15, 0.2) is 0 Å². The molecule has 3 aliphatic rings. The van der Waals surface area contributed by atoms with Crippen molar-refractivity contribution < 1.29 is 5.32 Å². The van der Waals surface area contributed by atoms with Gasteiger partial charge in [-0.1, -0.05) is 6.92 Å². The Bertz CT molecular complexity index is 84.6. The molecule has 0 spiro atoms. The summed E-state index contributed by atoms with van der Waals surface area (Å²) in [4.78, 5) is 0. The largest absolute Gasteiger partial charge is 0.341 e. The van der Waals surface area contributed by atoms with Gasteiger partial charge in [0.05, 0.1) is 18.5 Å². The van der Waals surface area contributed by atoms with Gasteiger partial charge < -0.3 is 5.32 Å². The van der Waals surface area contributed by atoms with Crippen LogP contribution in [-0.2, 0) is 0 Å². The maximum Gasteiger partial charge on any atom is 0.0921 e. The van der Waals surface area contributed by atoms with E-state index in [1.165, 1.54) is 19.3 Å². The summed E-state index contributed by atoms with van der Waals surface area (Å²) in [6.07, 6.45) is 4.48. The van der Waals surface area contributed by atoms with Crippen LogP contribution in [0.4, 0.5) is 0 Å². The van der Waals surface area contributed by atoms with Gasteiger partial charge in [0.2, 0.25) is 0 Å². The second kappa shape index (κ2) is 1.47. The van der Waals surface area contributed by atoms with Gasteiger partial charge in [-0.25, -0.2) is 0 Å². The smallest absolute Gasteiger partial charge is 0.0921 e. The predicted octanol–water partition coefficient (Wildman–Crippen LogP) is 0.121. The van der Waals surface area contributed by atoms with Crippen molar-refractivity contribution in [3.8, 4) is 0 Å². The summed E-state index contributed by atoms with van der Waals surface area (Å²) in [6.45, 7) is 2.38. The molecule has 46 valence electrons. The van der Waals surface area contributed by atoms with E-state index in [1.807, 2.05) is 0 Å². The van der Waals surface area contributed by atoms with Crippen molar-refractivity contribution in [2.75, 3.05) is 0 Å². The second-order valence-electron chi connectivity index (χ2n) is 3.52. The lowest BCUT2D eigenvalue weighted by Gasteiger charge is -2.41. The fourth-order valence-electron chi connectivity index (χ4n) is 2.21. The number of fused-ring (bicyclic) bond motifs is 2. The molecule has 2 aliphatic heterocycles. The monoisotopic (exact) mass is 112 g/mol. The van der Waals surface area contributed by atoms with Gasteiger partial charge in [0.25, 0.3) is 0 Å². The van der Waals surface area contributed by atoms with Crippen molar-refractivity contribution in [2.24, 2.45) is 5.92 Å². The fourth-order valence-corrected chi connectivity index (χ4v) is 2.21. The van der Waals surface area contributed by atoms with Gasteiger partial charge in [0.1, 0.15) is 0 Å². The van der Waals surface area contributed by atoms with Gasteiger partial charge in [-0.3, -0.25) is 0 Å². The average molecular weight is 112 g/mol. The van der Waals surface area contributed by atoms with Crippen LogP contribution in [-0.4, -0.2) is 12.1 Å². The first-order valence-electron chi connectivity index (χ1n) is 3.69. The van der Waals surface area contributed by atoms with Gasteiger partial charge in [-0.15, -0.1) is 0 Å². The molecule has 0 radical (unpaired) electrons. The van der Waals surface area contributed by atoms with E-state index in [1.54, 1.807) is 0 Å². The van der Waals surface area contributed by atoms with Crippen LogP contribution in [0.2, 0.25) is 0 Å². The maximum atomic E-state index is 2.54. The normalized spacial score (nSPS) is 52.9. The number of quaternary nitrogens is 1. The third-order valence-corrected chi connectivity index (χ3v) is 2.56. The first-order valence-corrected chi connectivity index (χ1v) is 3.69. The summed E-state index contributed by atoms with van der Waals surface area (Å²) < 4.78 is 0. The molecule has 1 heteroatoms. The summed E-state index contributed by atoms with van der Waals surface area (Å²) in [5, 5.41) is 2.54. The Hall–Kier alpha value is -0.0400. The average Bonchev–Trinajstić information content (AvgIpc) is 1.62. The van der Waals surface area contributed by atoms with Crippen LogP contribution >= 0.6 is 0 Å². The number of rotatable bonds is 0. The molecule has 0 aromatic rings. The van der Waals surface area contributed by atoms with Crippen LogP contribution in [0.15, 0.2) is 0 Å². The Labute approximate surface area is 50.5 Å². The van der Waals surface area contributed by atoms with Gasteiger partial charge in [-0.2, -0.15) is 0 Å². The molecule has 3 rings (SSSR count). The zero-order valence-electron chi connectivity index (χ0n) is 5.43. The lowest BCUT2D eigenvalue weighted by Crippen LogP contribution is -3.05. The molecule has 0 aromatic carbocycles. The number of piperidine rings is 1. The Balaban J connectivity index is 1.97. The molecule has 1 aliphatic carbocycles. The van der Waals surface area contributed by atoms with E-state index in [4.69, 9.17) is 0 Å². The van der Waals surface area contributed by atoms with Crippen LogP contribution in [0.3, 0.4) is 0 Å². The van der Waals surface area contributed by atoms with E-state index in [0.717, 1.165) is 18.0 Å². The first-order chi connectivity index (χ1) is 3.84. The van der Waals surface area contributed by atoms with Crippen LogP contribution < -0.4 is 5.32 Å². The molecular formula is C7H14N+. The highest BCUT2D eigenvalue weighted by molar-refractivity contribution is 4.81. The molecule has 2 bridgehead atoms. The third kappa shape index (κ3) is 0.576. The second-order valence-corrected chi connectivity index (χ2v) is 3.52. The number of hydrogen-bond acceptors (Lipinski definition) is 0. The molecule has 2 atom stereocenters. The molecule has 8 heavy (non-hydrogen) atoms. The zero-order valence-corrected chi connectivity index (χ0v) is 5.43. The quantitative estimate of drug-likeness (QED) is 0.458. The van der Waals surface area contributed by atoms with Crippen molar-refractivity contribution >= 4 is 0 Å². The molecule has 3 fully saturated rings. The van der Waals surface area contributed by atoms with Crippen molar-refractivity contribution in [3.63, 3.8) is 0 Å². The molecule has 0 amide bonds. The Morgan fingerprint density at radius 1 is 1.12 bits per heavy atom. The van der Waals surface area contributed by atoms with Crippen molar-refractivity contribution in [1.82, 2.24) is 0 Å². The van der Waals surface area contributed by atoms with Crippen molar-refractivity contribution in [3.05, 3.63) is 0 Å². The molecule has 2 heterocycles. The van der Waals surface area contributed by atoms with Crippen molar-refractivity contribution in [1.29, 1.82) is 0 Å². The zero-order chi connectivity index (χ0) is 5.56. The van der Waals surface area contributed by atoms with Crippen LogP contribution in [0.25, 0.3) is 0 Å². The SMILES string of the molecule is CC1CC2CC(C1)[NH2+]2. The Kier molecular flexibility index (Phi) is 0.884. The molecule has 2 saturated heterocycles. The van der Waals surface area contributed by atoms with E-state index < -0.39 is 0 Å². The molecule has 2 unspecified atom stereocenters. The summed E-state index contributed by atoms with van der Waals surface area (Å²) in [6, 6.07) is 2.06. The lowest BCUT2D eigenvalue weighted by molar-refractivity contribution is -0.789. The first kappa shape index (κ1) is 4.80. The van der Waals surface area contributed by atoms with Crippen molar-refractivity contribution in [2.45, 2.75) is 38.3 Å². The van der Waals surface area contributed by atoms with E-state index in [2.05, 4.69) is 12.2 Å². The van der Waals surface area contributed by atoms with E-state index in [9.17, 15) is 0 Å². The fraction of sp³-hybridized carbons (Fsp3) is 1.00. The van der Waals surface area contributed by atoms with E-state index in [0.29, 0.717) is 0 Å². The highest BCUT2D eigenvalue weighted by Crippen LogP contribution is 2.25. The van der Waals surface area contributed by atoms with Gasteiger partial charge in [-0.05, 0) is 5.92 Å². The highest BCUT2D eigenvalue weighted by Gasteiger charge is 2.40. The van der Waals surface area contributed by atoms with Gasteiger partial charge >= 0.3 is 0 Å². The van der Waals surface area contributed by atoms with E-state index in [-0.39, 0.29) is 0 Å². The minimum Gasteiger partial charge on any atom is -0.341 e. The molecule has 1 nitrogen and oxygen atoms in total. The Morgan fingerprint density at radius 3 is 1.88 bits per heavy atom. The summed E-state index contributed by atoms with van der Waals surface area (Å²) in [7, 11) is 0. The standard InChI is InChI=1S/C7H13N/c1-5-2-6-4-7(3-5)8-6/h5-8H,2-4H2,1H3/p+1. The van der Waals surface area contributed by atoms with E-state index >= 15 is 0 Å². The highest BCUT2D eigenvalue weighted by atomic mass is 15.0. The summed E-state index contributed by atoms with van der Waals surface area (Å²) in [5.41, 5.74) is 0. The number of nitrogens with two attached hydrogens (primary N) is 1. The topological polar surface area (TPSA) is 16.6 Å². The van der Waals surface area contributed by atoms with Crippen LogP contribution in [0.5, 0.6) is 0 Å². The molecule has 0 aromatic heterocycles. The minimum absolute atomic E-state index is 1.03. The van der Waals surface area contributed by atoms with Crippen LogP contribution in [0.1, 0.15) is 26.2 Å². The Morgan fingerprint density at radius 2 is 1.62 bits per heavy atom. The minimum atomic E-state index is 1.03. The lowest BCUT2D eigenvalue weighted by atomic mass is 9.77. The molecular weight excluding hydrogens is 98.1 g/mol.